The topological polar surface area (TPSA) is 62.3 Å². The van der Waals surface area contributed by atoms with Gasteiger partial charge in [0.25, 0.3) is 0 Å². The molecule has 0 unspecified atom stereocenters. The van der Waals surface area contributed by atoms with Crippen LogP contribution in [0.4, 0.5) is 17.3 Å². The summed E-state index contributed by atoms with van der Waals surface area (Å²) in [6, 6.07) is 20.1. The number of rotatable bonds is 4. The molecular weight excluding hydrogens is 458 g/mol. The van der Waals surface area contributed by atoms with Gasteiger partial charge in [0.1, 0.15) is 12.4 Å². The molecule has 7 rings (SSSR count). The van der Waals surface area contributed by atoms with Crippen LogP contribution in [0.25, 0.3) is 22.0 Å². The van der Waals surface area contributed by atoms with Gasteiger partial charge < -0.3 is 20.3 Å². The van der Waals surface area contributed by atoms with Gasteiger partial charge in [0.2, 0.25) is 5.95 Å². The molecule has 3 aliphatic rings. The Morgan fingerprint density at radius 1 is 0.946 bits per heavy atom. The van der Waals surface area contributed by atoms with E-state index < -0.39 is 0 Å². The number of nitrogens with zero attached hydrogens (tertiary/aromatic N) is 3. The summed E-state index contributed by atoms with van der Waals surface area (Å²) in [5.74, 6) is 1.53. The van der Waals surface area contributed by atoms with Crippen LogP contribution in [-0.2, 0) is 12.8 Å². The molecule has 0 radical (unpaired) electrons. The van der Waals surface area contributed by atoms with Gasteiger partial charge in [0.05, 0.1) is 11.2 Å². The molecule has 4 aromatic rings. The van der Waals surface area contributed by atoms with E-state index in [-0.39, 0.29) is 0 Å². The molecule has 1 aliphatic carbocycles. The van der Waals surface area contributed by atoms with Crippen LogP contribution in [0, 0.1) is 0 Å². The minimum absolute atomic E-state index is 0.628. The fourth-order valence-electron chi connectivity index (χ4n) is 6.23. The highest BCUT2D eigenvalue weighted by Crippen LogP contribution is 2.35. The summed E-state index contributed by atoms with van der Waals surface area (Å²) >= 11 is 0. The fraction of sp³-hybridized carbons (Fsp3) is 0.355. The Morgan fingerprint density at radius 2 is 1.84 bits per heavy atom. The number of fused-ring (bicyclic) bond motifs is 3. The highest BCUT2D eigenvalue weighted by atomic mass is 16.5. The summed E-state index contributed by atoms with van der Waals surface area (Å²) < 4.78 is 5.77. The van der Waals surface area contributed by atoms with Crippen molar-refractivity contribution in [3.8, 4) is 16.9 Å². The third-order valence-corrected chi connectivity index (χ3v) is 8.19. The number of nitrogens with one attached hydrogen (secondary N) is 2. The number of hydrogen-bond donors (Lipinski definition) is 2. The number of aryl methyl sites for hydroxylation is 2. The number of hydrogen-bond acceptors (Lipinski definition) is 6. The van der Waals surface area contributed by atoms with Gasteiger partial charge in [0.15, 0.2) is 0 Å². The standard InChI is InChI=1S/C31H33N5O/c1-2-16-36(15-1)26-11-7-21-6-10-25(18-22(21)8-12-26)34-31-33-20-24-4-3-5-27(30(24)35-31)23-9-13-29-28(19-23)32-14-17-37-29/h3-6,9-10,13,18-20,26,32H,1-2,7-8,11-12,14-17H2,(H,33,34,35)/t26-/m0/s1. The van der Waals surface area contributed by atoms with Gasteiger partial charge in [-0.15, -0.1) is 0 Å². The summed E-state index contributed by atoms with van der Waals surface area (Å²) in [5, 5.41) is 7.96. The quantitative estimate of drug-likeness (QED) is 0.332. The van der Waals surface area contributed by atoms with Crippen molar-refractivity contribution in [1.82, 2.24) is 14.9 Å². The van der Waals surface area contributed by atoms with Crippen LogP contribution in [0.1, 0.15) is 36.8 Å². The van der Waals surface area contributed by atoms with Gasteiger partial charge in [0, 0.05) is 35.4 Å². The molecule has 37 heavy (non-hydrogen) atoms. The van der Waals surface area contributed by atoms with Gasteiger partial charge in [-0.2, -0.15) is 0 Å². The van der Waals surface area contributed by atoms with Crippen LogP contribution in [0.5, 0.6) is 5.75 Å². The van der Waals surface area contributed by atoms with E-state index in [0.717, 1.165) is 58.2 Å². The van der Waals surface area contributed by atoms with Crippen LogP contribution in [0.3, 0.4) is 0 Å². The van der Waals surface area contributed by atoms with E-state index in [1.54, 1.807) is 0 Å². The number of para-hydroxylation sites is 1. The van der Waals surface area contributed by atoms with Crippen LogP contribution >= 0.6 is 0 Å². The third kappa shape index (κ3) is 4.51. The normalized spacial score (nSPS) is 19.4. The van der Waals surface area contributed by atoms with Crippen molar-refractivity contribution < 1.29 is 4.74 Å². The monoisotopic (exact) mass is 491 g/mol. The lowest BCUT2D eigenvalue weighted by Crippen LogP contribution is -2.32. The molecule has 1 atom stereocenters. The average molecular weight is 492 g/mol. The maximum absolute atomic E-state index is 5.77. The minimum Gasteiger partial charge on any atom is -0.490 e. The molecule has 1 aromatic heterocycles. The number of likely N-dealkylation sites (tertiary alicyclic amines) is 1. The highest BCUT2D eigenvalue weighted by molar-refractivity contribution is 5.94. The Balaban J connectivity index is 1.15. The maximum atomic E-state index is 5.77. The smallest absolute Gasteiger partial charge is 0.227 e. The van der Waals surface area contributed by atoms with Crippen molar-refractivity contribution in [1.29, 1.82) is 0 Å². The SMILES string of the molecule is c1cc(-c2ccc3c(c2)NCCO3)c2nc(Nc3ccc4c(c3)CC[C@@H](N3CCCC3)CC4)ncc2c1. The Bertz CT molecular complexity index is 1450. The molecule has 0 bridgehead atoms. The van der Waals surface area contributed by atoms with E-state index in [2.05, 4.69) is 69.0 Å². The van der Waals surface area contributed by atoms with Gasteiger partial charge in [-0.25, -0.2) is 9.97 Å². The Hall–Kier alpha value is -3.64. The van der Waals surface area contributed by atoms with E-state index >= 15 is 0 Å². The molecular formula is C31H33N5O. The first-order valence-electron chi connectivity index (χ1n) is 13.7. The average Bonchev–Trinajstić information content (AvgIpc) is 3.40. The van der Waals surface area contributed by atoms with Crippen LogP contribution < -0.4 is 15.4 Å². The maximum Gasteiger partial charge on any atom is 0.227 e. The van der Waals surface area contributed by atoms with E-state index in [1.807, 2.05) is 12.3 Å². The lowest BCUT2D eigenvalue weighted by Gasteiger charge is -2.25. The van der Waals surface area contributed by atoms with Crippen molar-refractivity contribution in [2.24, 2.45) is 0 Å². The fourth-order valence-corrected chi connectivity index (χ4v) is 6.23. The molecule has 6 nitrogen and oxygen atoms in total. The summed E-state index contributed by atoms with van der Waals surface area (Å²) in [5.41, 5.74) is 8.21. The van der Waals surface area contributed by atoms with E-state index in [1.165, 1.54) is 56.3 Å². The van der Waals surface area contributed by atoms with Crippen molar-refractivity contribution in [2.45, 2.75) is 44.6 Å². The second-order valence-corrected chi connectivity index (χ2v) is 10.5. The molecule has 1 saturated heterocycles. The second kappa shape index (κ2) is 9.67. The molecule has 1 fully saturated rings. The number of benzene rings is 3. The van der Waals surface area contributed by atoms with Crippen LogP contribution in [-0.4, -0.2) is 47.2 Å². The van der Waals surface area contributed by atoms with Crippen LogP contribution in [0.15, 0.2) is 60.8 Å². The van der Waals surface area contributed by atoms with E-state index in [9.17, 15) is 0 Å². The summed E-state index contributed by atoms with van der Waals surface area (Å²) in [4.78, 5) is 12.3. The van der Waals surface area contributed by atoms with E-state index in [0.29, 0.717) is 12.6 Å². The number of anilines is 3. The van der Waals surface area contributed by atoms with Crippen LogP contribution in [0.2, 0.25) is 0 Å². The first-order chi connectivity index (χ1) is 18.3. The first kappa shape index (κ1) is 22.5. The molecule has 3 heterocycles. The van der Waals surface area contributed by atoms with Crippen molar-refractivity contribution in [2.75, 3.05) is 36.9 Å². The number of aromatic nitrogens is 2. The van der Waals surface area contributed by atoms with Crippen molar-refractivity contribution >= 4 is 28.2 Å². The zero-order valence-corrected chi connectivity index (χ0v) is 21.2. The molecule has 2 N–H and O–H groups in total. The first-order valence-corrected chi connectivity index (χ1v) is 13.7. The summed E-state index contributed by atoms with van der Waals surface area (Å²) in [6.07, 6.45) is 9.50. The third-order valence-electron chi connectivity index (χ3n) is 8.19. The van der Waals surface area contributed by atoms with Gasteiger partial charge in [-0.1, -0.05) is 30.3 Å². The zero-order chi connectivity index (χ0) is 24.6. The molecule has 2 aliphatic heterocycles. The Kier molecular flexibility index (Phi) is 5.89. The largest absolute Gasteiger partial charge is 0.490 e. The molecule has 6 heteroatoms. The van der Waals surface area contributed by atoms with Gasteiger partial charge in [-0.05, 0) is 92.6 Å². The zero-order valence-electron chi connectivity index (χ0n) is 21.2. The Labute approximate surface area is 218 Å². The molecule has 188 valence electrons. The predicted octanol–water partition coefficient (Wildman–Crippen LogP) is 6.19. The Morgan fingerprint density at radius 3 is 2.76 bits per heavy atom. The lowest BCUT2D eigenvalue weighted by atomic mass is 10.0. The molecule has 0 saturated carbocycles. The molecule has 3 aromatic carbocycles. The minimum atomic E-state index is 0.628. The van der Waals surface area contributed by atoms with Gasteiger partial charge in [-0.3, -0.25) is 0 Å². The van der Waals surface area contributed by atoms with Gasteiger partial charge >= 0.3 is 0 Å². The van der Waals surface area contributed by atoms with E-state index in [4.69, 9.17) is 9.72 Å². The molecule has 0 amide bonds. The number of ether oxygens (including phenoxy) is 1. The molecule has 0 spiro atoms. The summed E-state index contributed by atoms with van der Waals surface area (Å²) in [7, 11) is 0. The summed E-state index contributed by atoms with van der Waals surface area (Å²) in [6.45, 7) is 4.09. The highest BCUT2D eigenvalue weighted by Gasteiger charge is 2.24. The van der Waals surface area contributed by atoms with Crippen molar-refractivity contribution in [3.63, 3.8) is 0 Å². The lowest BCUT2D eigenvalue weighted by molar-refractivity contribution is 0.222. The second-order valence-electron chi connectivity index (χ2n) is 10.5. The van der Waals surface area contributed by atoms with Crippen molar-refractivity contribution in [3.05, 3.63) is 71.9 Å². The predicted molar refractivity (Wildman–Crippen MR) is 150 cm³/mol.